The number of amides is 1. The van der Waals surface area contributed by atoms with Crippen LogP contribution in [-0.2, 0) is 9.53 Å². The lowest BCUT2D eigenvalue weighted by molar-refractivity contribution is -0.133. The third-order valence-electron chi connectivity index (χ3n) is 6.87. The van der Waals surface area contributed by atoms with Gasteiger partial charge in [0.05, 0.1) is 12.6 Å². The minimum absolute atomic E-state index is 0.0474. The van der Waals surface area contributed by atoms with Crippen LogP contribution in [0, 0.1) is 0 Å². The van der Waals surface area contributed by atoms with Crippen molar-refractivity contribution in [2.45, 2.75) is 57.6 Å². The van der Waals surface area contributed by atoms with Crippen LogP contribution in [0.5, 0.6) is 11.5 Å². The highest BCUT2D eigenvalue weighted by molar-refractivity contribution is 5.78. The van der Waals surface area contributed by atoms with E-state index in [0.717, 1.165) is 49.9 Å². The van der Waals surface area contributed by atoms with E-state index in [-0.39, 0.29) is 25.2 Å². The van der Waals surface area contributed by atoms with Crippen molar-refractivity contribution in [1.82, 2.24) is 14.8 Å². The molecule has 0 bridgehead atoms. The monoisotopic (exact) mass is 497 g/mol. The zero-order chi connectivity index (χ0) is 25.5. The molecule has 9 heteroatoms. The van der Waals surface area contributed by atoms with E-state index in [1.807, 2.05) is 40.1 Å². The standard InChI is InChI=1S/C27H35N3O6/c1-3-5-12-29(13-6-4-2)24(31)17-30-16-21(19-9-10-22-23(14-19)35-18-34-22)26(36-27(32)33)25(30)20-8-7-11-28-15-20/h7-11,14-15,21,25-26H,3-6,12-13,16-18H2,1-2H3,(H,32,33)/t21-,25-,26+/m1/s1. The summed E-state index contributed by atoms with van der Waals surface area (Å²) in [5.74, 6) is 1.03. The van der Waals surface area contributed by atoms with Crippen molar-refractivity contribution in [1.29, 1.82) is 0 Å². The highest BCUT2D eigenvalue weighted by Gasteiger charge is 2.47. The van der Waals surface area contributed by atoms with Crippen LogP contribution in [0.3, 0.4) is 0 Å². The van der Waals surface area contributed by atoms with E-state index in [1.54, 1.807) is 12.4 Å². The van der Waals surface area contributed by atoms with Crippen molar-refractivity contribution >= 4 is 12.1 Å². The van der Waals surface area contributed by atoms with Crippen LogP contribution in [0.1, 0.15) is 62.6 Å². The first-order valence-electron chi connectivity index (χ1n) is 12.7. The fraction of sp³-hybridized carbons (Fsp3) is 0.519. The van der Waals surface area contributed by atoms with Crippen LogP contribution < -0.4 is 9.47 Å². The summed E-state index contributed by atoms with van der Waals surface area (Å²) >= 11 is 0. The van der Waals surface area contributed by atoms with Gasteiger partial charge in [-0.15, -0.1) is 0 Å². The Morgan fingerprint density at radius 2 is 1.86 bits per heavy atom. The maximum Gasteiger partial charge on any atom is 0.506 e. The number of hydrogen-bond donors (Lipinski definition) is 1. The molecule has 0 unspecified atom stereocenters. The van der Waals surface area contributed by atoms with E-state index in [9.17, 15) is 14.7 Å². The van der Waals surface area contributed by atoms with Crippen LogP contribution in [-0.4, -0.2) is 71.0 Å². The van der Waals surface area contributed by atoms with E-state index in [0.29, 0.717) is 18.0 Å². The summed E-state index contributed by atoms with van der Waals surface area (Å²) in [7, 11) is 0. The molecule has 3 heterocycles. The number of carboxylic acid groups (broad SMARTS) is 1. The van der Waals surface area contributed by atoms with Gasteiger partial charge in [0.1, 0.15) is 6.10 Å². The minimum atomic E-state index is -1.35. The Bertz CT molecular complexity index is 1030. The van der Waals surface area contributed by atoms with Gasteiger partial charge in [-0.05, 0) is 42.2 Å². The second kappa shape index (κ2) is 12.1. The number of aromatic nitrogens is 1. The first-order chi connectivity index (χ1) is 17.5. The molecule has 4 rings (SSSR count). The highest BCUT2D eigenvalue weighted by Crippen LogP contribution is 2.45. The topological polar surface area (TPSA) is 101 Å². The first-order valence-corrected chi connectivity index (χ1v) is 12.7. The molecule has 194 valence electrons. The average Bonchev–Trinajstić information content (AvgIpc) is 3.48. The van der Waals surface area contributed by atoms with Crippen LogP contribution in [0.15, 0.2) is 42.7 Å². The largest absolute Gasteiger partial charge is 0.506 e. The molecule has 9 nitrogen and oxygen atoms in total. The Kier molecular flexibility index (Phi) is 8.64. The summed E-state index contributed by atoms with van der Waals surface area (Å²) in [4.78, 5) is 33.5. The Morgan fingerprint density at radius 3 is 2.53 bits per heavy atom. The lowest BCUT2D eigenvalue weighted by Crippen LogP contribution is -2.42. The van der Waals surface area contributed by atoms with Gasteiger partial charge >= 0.3 is 6.16 Å². The first kappa shape index (κ1) is 25.8. The molecule has 2 aromatic rings. The molecular formula is C27H35N3O6. The number of likely N-dealkylation sites (tertiary alicyclic amines) is 1. The third kappa shape index (κ3) is 5.90. The van der Waals surface area contributed by atoms with E-state index in [2.05, 4.69) is 18.8 Å². The van der Waals surface area contributed by atoms with Crippen molar-refractivity contribution < 1.29 is 28.9 Å². The lowest BCUT2D eigenvalue weighted by Gasteiger charge is -2.30. The molecule has 2 aliphatic heterocycles. The van der Waals surface area contributed by atoms with Gasteiger partial charge in [-0.2, -0.15) is 0 Å². The smallest absolute Gasteiger partial charge is 0.454 e. The van der Waals surface area contributed by atoms with Crippen molar-refractivity contribution in [3.05, 3.63) is 53.9 Å². The zero-order valence-electron chi connectivity index (χ0n) is 21.0. The van der Waals surface area contributed by atoms with Gasteiger partial charge in [-0.3, -0.25) is 14.7 Å². The van der Waals surface area contributed by atoms with Gasteiger partial charge in [0.25, 0.3) is 0 Å². The number of ether oxygens (including phenoxy) is 3. The summed E-state index contributed by atoms with van der Waals surface area (Å²) in [6.07, 6.45) is 5.25. The SMILES string of the molecule is CCCCN(CCCC)C(=O)CN1C[C@H](c2ccc3c(c2)OCO3)[C@H](OC(=O)O)[C@H]1c1cccnc1. The number of carbonyl (C=O) groups excluding carboxylic acids is 1. The van der Waals surface area contributed by atoms with Crippen LogP contribution in [0.2, 0.25) is 0 Å². The van der Waals surface area contributed by atoms with E-state index >= 15 is 0 Å². The molecule has 1 amide bonds. The normalized spacial score (nSPS) is 20.9. The minimum Gasteiger partial charge on any atom is -0.454 e. The fourth-order valence-electron chi connectivity index (χ4n) is 5.05. The van der Waals surface area contributed by atoms with E-state index in [4.69, 9.17) is 14.2 Å². The number of carbonyl (C=O) groups is 2. The summed E-state index contributed by atoms with van der Waals surface area (Å²) < 4.78 is 16.5. The van der Waals surface area contributed by atoms with Crippen molar-refractivity contribution in [3.63, 3.8) is 0 Å². The second-order valence-electron chi connectivity index (χ2n) is 9.32. The van der Waals surface area contributed by atoms with Crippen LogP contribution in [0.25, 0.3) is 0 Å². The van der Waals surface area contributed by atoms with Gasteiger partial charge in [-0.1, -0.05) is 38.8 Å². The number of hydrogen-bond acceptors (Lipinski definition) is 7. The summed E-state index contributed by atoms with van der Waals surface area (Å²) in [5.41, 5.74) is 1.69. The lowest BCUT2D eigenvalue weighted by atomic mass is 9.91. The number of unbranched alkanes of at least 4 members (excludes halogenated alkanes) is 2. The maximum atomic E-state index is 13.5. The van der Waals surface area contributed by atoms with Crippen LogP contribution in [0.4, 0.5) is 4.79 Å². The predicted molar refractivity (Wildman–Crippen MR) is 133 cm³/mol. The van der Waals surface area contributed by atoms with E-state index in [1.165, 1.54) is 0 Å². The summed E-state index contributed by atoms with van der Waals surface area (Å²) in [6.45, 7) is 6.47. The second-order valence-corrected chi connectivity index (χ2v) is 9.32. The van der Waals surface area contributed by atoms with Gasteiger partial charge < -0.3 is 24.2 Å². The molecule has 2 aliphatic rings. The van der Waals surface area contributed by atoms with Crippen molar-refractivity contribution in [2.24, 2.45) is 0 Å². The Balaban J connectivity index is 1.65. The summed E-state index contributed by atoms with van der Waals surface area (Å²) in [5, 5.41) is 9.63. The Morgan fingerprint density at radius 1 is 1.11 bits per heavy atom. The number of pyridine rings is 1. The average molecular weight is 498 g/mol. The highest BCUT2D eigenvalue weighted by atomic mass is 16.7. The van der Waals surface area contributed by atoms with E-state index < -0.39 is 18.3 Å². The molecule has 0 saturated carbocycles. The quantitative estimate of drug-likeness (QED) is 0.455. The number of rotatable bonds is 11. The maximum absolute atomic E-state index is 13.5. The fourth-order valence-corrected chi connectivity index (χ4v) is 5.05. The molecule has 1 N–H and O–H groups in total. The molecule has 1 saturated heterocycles. The molecule has 0 radical (unpaired) electrons. The molecule has 3 atom stereocenters. The molecule has 1 aromatic carbocycles. The van der Waals surface area contributed by atoms with Gasteiger partial charge in [0.15, 0.2) is 11.5 Å². The Hall–Kier alpha value is -3.33. The molecule has 0 spiro atoms. The molecule has 1 aromatic heterocycles. The van der Waals surface area contributed by atoms with Crippen molar-refractivity contribution in [2.75, 3.05) is 33.0 Å². The predicted octanol–water partition coefficient (Wildman–Crippen LogP) is 4.44. The van der Waals surface area contributed by atoms with Gasteiger partial charge in [0.2, 0.25) is 12.7 Å². The molecule has 0 aliphatic carbocycles. The van der Waals surface area contributed by atoms with Crippen LogP contribution >= 0.6 is 0 Å². The zero-order valence-corrected chi connectivity index (χ0v) is 21.0. The molecular weight excluding hydrogens is 462 g/mol. The molecule has 1 fully saturated rings. The summed E-state index contributed by atoms with van der Waals surface area (Å²) in [6, 6.07) is 8.90. The number of fused-ring (bicyclic) bond motifs is 1. The van der Waals surface area contributed by atoms with Gasteiger partial charge in [-0.25, -0.2) is 4.79 Å². The third-order valence-corrected chi connectivity index (χ3v) is 6.87. The number of benzene rings is 1. The Labute approximate surface area is 212 Å². The molecule has 36 heavy (non-hydrogen) atoms. The van der Waals surface area contributed by atoms with Crippen molar-refractivity contribution in [3.8, 4) is 11.5 Å². The van der Waals surface area contributed by atoms with Gasteiger partial charge in [0, 0.05) is 37.9 Å². The number of nitrogens with zero attached hydrogens (tertiary/aromatic N) is 3.